The SMILES string of the molecule is CN(Cc1nc2c(s1)CCCC2)C(=O)NCCOc1cccnc1. The maximum Gasteiger partial charge on any atom is 0.317 e. The predicted molar refractivity (Wildman–Crippen MR) is 93.4 cm³/mol. The van der Waals surface area contributed by atoms with E-state index in [4.69, 9.17) is 4.74 Å². The zero-order chi connectivity index (χ0) is 16.8. The van der Waals surface area contributed by atoms with Gasteiger partial charge in [-0.1, -0.05) is 0 Å². The lowest BCUT2D eigenvalue weighted by Crippen LogP contribution is -2.38. The number of pyridine rings is 1. The molecule has 1 aliphatic rings. The molecule has 3 rings (SSSR count). The summed E-state index contributed by atoms with van der Waals surface area (Å²) in [4.78, 5) is 23.8. The Morgan fingerprint density at radius 2 is 2.29 bits per heavy atom. The molecular formula is C17H22N4O2S. The van der Waals surface area contributed by atoms with Gasteiger partial charge in [-0.3, -0.25) is 4.98 Å². The molecule has 2 aromatic rings. The van der Waals surface area contributed by atoms with Crippen molar-refractivity contribution >= 4 is 17.4 Å². The van der Waals surface area contributed by atoms with Crippen LogP contribution in [0.1, 0.15) is 28.4 Å². The van der Waals surface area contributed by atoms with Crippen molar-refractivity contribution in [3.8, 4) is 5.75 Å². The van der Waals surface area contributed by atoms with E-state index in [1.165, 1.54) is 23.4 Å². The molecule has 0 aromatic carbocycles. The Morgan fingerprint density at radius 3 is 3.08 bits per heavy atom. The van der Waals surface area contributed by atoms with E-state index in [0.29, 0.717) is 25.4 Å². The molecule has 2 aromatic heterocycles. The van der Waals surface area contributed by atoms with Gasteiger partial charge in [0.25, 0.3) is 0 Å². The van der Waals surface area contributed by atoms with E-state index in [2.05, 4.69) is 15.3 Å². The van der Waals surface area contributed by atoms with Crippen LogP contribution in [0.3, 0.4) is 0 Å². The van der Waals surface area contributed by atoms with Crippen molar-refractivity contribution in [2.75, 3.05) is 20.2 Å². The minimum atomic E-state index is -0.113. The van der Waals surface area contributed by atoms with Crippen molar-refractivity contribution in [2.45, 2.75) is 32.2 Å². The number of hydrogen-bond acceptors (Lipinski definition) is 5. The van der Waals surface area contributed by atoms with Gasteiger partial charge in [-0.2, -0.15) is 0 Å². The highest BCUT2D eigenvalue weighted by Crippen LogP contribution is 2.27. The summed E-state index contributed by atoms with van der Waals surface area (Å²) < 4.78 is 5.50. The normalized spacial score (nSPS) is 13.2. The van der Waals surface area contributed by atoms with Crippen molar-refractivity contribution in [3.05, 3.63) is 40.1 Å². The van der Waals surface area contributed by atoms with Crippen LogP contribution in [-0.2, 0) is 19.4 Å². The Bertz CT molecular complexity index is 651. The summed E-state index contributed by atoms with van der Waals surface area (Å²) in [5.41, 5.74) is 1.24. The molecule has 0 saturated carbocycles. The standard InChI is InChI=1S/C17H22N4O2S/c1-21(12-16-20-14-6-2-3-7-15(14)24-16)17(22)19-9-10-23-13-5-4-8-18-11-13/h4-5,8,11H,2-3,6-7,9-10,12H2,1H3,(H,19,22). The first-order chi connectivity index (χ1) is 11.7. The number of fused-ring (bicyclic) bond motifs is 1. The zero-order valence-electron chi connectivity index (χ0n) is 13.8. The van der Waals surface area contributed by atoms with Crippen molar-refractivity contribution in [2.24, 2.45) is 0 Å². The van der Waals surface area contributed by atoms with Crippen LogP contribution in [0.5, 0.6) is 5.75 Å². The van der Waals surface area contributed by atoms with Crippen molar-refractivity contribution < 1.29 is 9.53 Å². The van der Waals surface area contributed by atoms with Gasteiger partial charge in [-0.25, -0.2) is 9.78 Å². The molecule has 128 valence electrons. The highest BCUT2D eigenvalue weighted by atomic mass is 32.1. The molecule has 0 radical (unpaired) electrons. The van der Waals surface area contributed by atoms with E-state index in [-0.39, 0.29) is 6.03 Å². The molecule has 0 unspecified atom stereocenters. The van der Waals surface area contributed by atoms with E-state index in [1.54, 1.807) is 35.7 Å². The summed E-state index contributed by atoms with van der Waals surface area (Å²) in [6, 6.07) is 3.54. The van der Waals surface area contributed by atoms with E-state index >= 15 is 0 Å². The molecule has 0 bridgehead atoms. The summed E-state index contributed by atoms with van der Waals surface area (Å²) in [6.45, 7) is 1.41. The molecule has 1 N–H and O–H groups in total. The number of carbonyl (C=O) groups excluding carboxylic acids is 1. The fourth-order valence-corrected chi connectivity index (χ4v) is 3.85. The van der Waals surface area contributed by atoms with Crippen molar-refractivity contribution in [1.82, 2.24) is 20.2 Å². The molecule has 0 aliphatic heterocycles. The Balaban J connectivity index is 1.40. The average Bonchev–Trinajstić information content (AvgIpc) is 3.01. The second kappa shape index (κ2) is 8.10. The summed E-state index contributed by atoms with van der Waals surface area (Å²) in [7, 11) is 1.79. The third-order valence-corrected chi connectivity index (χ3v) is 5.03. The highest BCUT2D eigenvalue weighted by Gasteiger charge is 2.17. The molecule has 6 nitrogen and oxygen atoms in total. The second-order valence-corrected chi connectivity index (χ2v) is 6.98. The molecule has 0 spiro atoms. The number of nitrogens with zero attached hydrogens (tertiary/aromatic N) is 3. The number of carbonyl (C=O) groups is 1. The first-order valence-electron chi connectivity index (χ1n) is 8.21. The first kappa shape index (κ1) is 16.7. The van der Waals surface area contributed by atoms with Gasteiger partial charge in [-0.05, 0) is 37.8 Å². The minimum Gasteiger partial charge on any atom is -0.490 e. The molecule has 1 aliphatic carbocycles. The number of nitrogens with one attached hydrogen (secondary N) is 1. The van der Waals surface area contributed by atoms with Crippen LogP contribution in [0.25, 0.3) is 0 Å². The lowest BCUT2D eigenvalue weighted by Gasteiger charge is -2.16. The number of ether oxygens (including phenoxy) is 1. The van der Waals surface area contributed by atoms with E-state index in [9.17, 15) is 4.79 Å². The molecule has 0 saturated heterocycles. The van der Waals surface area contributed by atoms with Crippen LogP contribution in [0.2, 0.25) is 0 Å². The van der Waals surface area contributed by atoms with Gasteiger partial charge in [0.1, 0.15) is 17.4 Å². The number of rotatable bonds is 6. The molecule has 24 heavy (non-hydrogen) atoms. The summed E-state index contributed by atoms with van der Waals surface area (Å²) >= 11 is 1.74. The molecule has 7 heteroatoms. The van der Waals surface area contributed by atoms with E-state index in [0.717, 1.165) is 17.8 Å². The van der Waals surface area contributed by atoms with Gasteiger partial charge in [0, 0.05) is 18.1 Å². The average molecular weight is 346 g/mol. The summed E-state index contributed by atoms with van der Waals surface area (Å²) in [6.07, 6.45) is 8.03. The van der Waals surface area contributed by atoms with Gasteiger partial charge in [0.15, 0.2) is 0 Å². The predicted octanol–water partition coefficient (Wildman–Crippen LogP) is 2.64. The number of amides is 2. The number of hydrogen-bond donors (Lipinski definition) is 1. The maximum absolute atomic E-state index is 12.1. The second-order valence-electron chi connectivity index (χ2n) is 5.81. The molecule has 0 atom stereocenters. The Kier molecular flexibility index (Phi) is 5.63. The molecule has 2 amide bonds. The quantitative estimate of drug-likeness (QED) is 0.817. The van der Waals surface area contributed by atoms with Crippen molar-refractivity contribution in [1.29, 1.82) is 0 Å². The summed E-state index contributed by atoms with van der Waals surface area (Å²) in [5, 5.41) is 3.87. The van der Waals surface area contributed by atoms with Crippen LogP contribution >= 0.6 is 11.3 Å². The number of aryl methyl sites for hydroxylation is 2. The first-order valence-corrected chi connectivity index (χ1v) is 9.03. The van der Waals surface area contributed by atoms with E-state index < -0.39 is 0 Å². The lowest BCUT2D eigenvalue weighted by atomic mass is 10.0. The van der Waals surface area contributed by atoms with Gasteiger partial charge in [0.2, 0.25) is 0 Å². The fraction of sp³-hybridized carbons (Fsp3) is 0.471. The van der Waals surface area contributed by atoms with Gasteiger partial charge >= 0.3 is 6.03 Å². The van der Waals surface area contributed by atoms with Crippen LogP contribution in [-0.4, -0.2) is 41.1 Å². The summed E-state index contributed by atoms with van der Waals surface area (Å²) in [5.74, 6) is 0.702. The van der Waals surface area contributed by atoms with Gasteiger partial charge in [-0.15, -0.1) is 11.3 Å². The highest BCUT2D eigenvalue weighted by molar-refractivity contribution is 7.11. The lowest BCUT2D eigenvalue weighted by molar-refractivity contribution is 0.203. The Labute approximate surface area is 145 Å². The van der Waals surface area contributed by atoms with Crippen LogP contribution < -0.4 is 10.1 Å². The Hall–Kier alpha value is -2.15. The smallest absolute Gasteiger partial charge is 0.317 e. The Morgan fingerprint density at radius 1 is 1.42 bits per heavy atom. The van der Waals surface area contributed by atoms with Crippen LogP contribution in [0.4, 0.5) is 4.79 Å². The fourth-order valence-electron chi connectivity index (χ4n) is 2.64. The zero-order valence-corrected chi connectivity index (χ0v) is 14.6. The third-order valence-electron chi connectivity index (χ3n) is 3.89. The van der Waals surface area contributed by atoms with Crippen LogP contribution in [0, 0.1) is 0 Å². The minimum absolute atomic E-state index is 0.113. The van der Waals surface area contributed by atoms with E-state index in [1.807, 2.05) is 12.1 Å². The molecule has 0 fully saturated rings. The van der Waals surface area contributed by atoms with Gasteiger partial charge in [0.05, 0.1) is 25.0 Å². The maximum atomic E-state index is 12.1. The van der Waals surface area contributed by atoms with Crippen molar-refractivity contribution in [3.63, 3.8) is 0 Å². The third kappa shape index (κ3) is 4.44. The number of urea groups is 1. The molecule has 2 heterocycles. The monoisotopic (exact) mass is 346 g/mol. The van der Waals surface area contributed by atoms with Crippen LogP contribution in [0.15, 0.2) is 24.5 Å². The largest absolute Gasteiger partial charge is 0.490 e. The number of aromatic nitrogens is 2. The number of thiazole rings is 1. The molecular weight excluding hydrogens is 324 g/mol. The van der Waals surface area contributed by atoms with Gasteiger partial charge < -0.3 is 15.0 Å². The topological polar surface area (TPSA) is 67.4 Å².